The minimum atomic E-state index is -1.18. The lowest BCUT2D eigenvalue weighted by molar-refractivity contribution is -0.135. The van der Waals surface area contributed by atoms with Crippen LogP contribution >= 0.6 is 11.3 Å². The van der Waals surface area contributed by atoms with Crippen molar-refractivity contribution in [3.63, 3.8) is 0 Å². The number of nitrogens with one attached hydrogen (secondary N) is 2. The highest BCUT2D eigenvalue weighted by atomic mass is 32.1. The van der Waals surface area contributed by atoms with Gasteiger partial charge in [-0.2, -0.15) is 0 Å². The predicted molar refractivity (Wildman–Crippen MR) is 283 cm³/mol. The number of fused-ring (bicyclic) bond motifs is 2. The number of aryl methyl sites for hydroxylation is 1. The molecule has 5 aromatic rings. The number of phenols is 1. The number of likely N-dealkylation sites (tertiary alicyclic amines) is 1. The molecule has 19 heteroatoms. The monoisotopic (exact) mass is 1010 g/mol. The Hall–Kier alpha value is -5.83. The van der Waals surface area contributed by atoms with Crippen molar-refractivity contribution in [1.82, 2.24) is 50.5 Å². The number of hydrogen-bond acceptors (Lipinski definition) is 17. The van der Waals surface area contributed by atoms with E-state index in [1.165, 1.54) is 5.56 Å². The molecule has 4 aliphatic heterocycles. The van der Waals surface area contributed by atoms with Crippen molar-refractivity contribution < 1.29 is 24.9 Å². The molecule has 7 N–H and O–H groups in total. The summed E-state index contributed by atoms with van der Waals surface area (Å²) >= 11 is 1.60. The van der Waals surface area contributed by atoms with Gasteiger partial charge in [0.15, 0.2) is 5.82 Å². The van der Waals surface area contributed by atoms with Gasteiger partial charge in [0.1, 0.15) is 12.0 Å². The topological polar surface area (TPSA) is 226 Å². The van der Waals surface area contributed by atoms with Gasteiger partial charge in [-0.3, -0.25) is 24.3 Å². The summed E-state index contributed by atoms with van der Waals surface area (Å²) in [5.41, 5.74) is 13.9. The number of anilines is 3. The van der Waals surface area contributed by atoms with E-state index in [2.05, 4.69) is 45.4 Å². The van der Waals surface area contributed by atoms with E-state index in [4.69, 9.17) is 15.7 Å². The maximum Gasteiger partial charge on any atom is 0.237 e. The predicted octanol–water partition coefficient (Wildman–Crippen LogP) is 4.76. The third-order valence-corrected chi connectivity index (χ3v) is 17.1. The van der Waals surface area contributed by atoms with Crippen LogP contribution in [0.4, 0.5) is 17.5 Å². The zero-order valence-electron chi connectivity index (χ0n) is 42.5. The van der Waals surface area contributed by atoms with Crippen LogP contribution in [0, 0.1) is 12.3 Å². The molecule has 10 rings (SSSR count). The number of benzene rings is 2. The van der Waals surface area contributed by atoms with Gasteiger partial charge in [-0.1, -0.05) is 57.2 Å². The Morgan fingerprint density at radius 1 is 0.877 bits per heavy atom. The van der Waals surface area contributed by atoms with Crippen molar-refractivity contribution in [3.05, 3.63) is 89.3 Å². The first-order chi connectivity index (χ1) is 35.2. The highest BCUT2D eigenvalue weighted by Gasteiger charge is 2.46. The SMILES string of the molecule is Cc1ncsc1-c1ccc(CNC(=O)[C@@H]2C[C@@H](O)CN2C(O)[C@@H](NC(=O)CN2CCN(C3CCC(c4cnc(N5C6CCC5CN(c5cc(-c7ccccc7O)nnc5N)C6)nc4)CC3)CC2)C(C)(C)C)cc1. The summed E-state index contributed by atoms with van der Waals surface area (Å²) in [7, 11) is 0. The lowest BCUT2D eigenvalue weighted by Crippen LogP contribution is -2.61. The van der Waals surface area contributed by atoms with Gasteiger partial charge in [0.25, 0.3) is 0 Å². The average molecular weight is 1010 g/mol. The maximum atomic E-state index is 13.7. The lowest BCUT2D eigenvalue weighted by Gasteiger charge is -2.43. The van der Waals surface area contributed by atoms with Crippen molar-refractivity contribution in [2.45, 2.75) is 128 Å². The van der Waals surface area contributed by atoms with Gasteiger partial charge in [0, 0.05) is 88.4 Å². The molecule has 0 spiro atoms. The minimum Gasteiger partial charge on any atom is -0.507 e. The van der Waals surface area contributed by atoms with E-state index in [9.17, 15) is 24.9 Å². The van der Waals surface area contributed by atoms with E-state index in [1.54, 1.807) is 28.4 Å². The molecule has 5 aliphatic rings. The number of nitrogens with two attached hydrogens (primary N) is 1. The summed E-state index contributed by atoms with van der Waals surface area (Å²) in [4.78, 5) is 53.9. The molecule has 6 atom stereocenters. The first-order valence-electron chi connectivity index (χ1n) is 26.1. The summed E-state index contributed by atoms with van der Waals surface area (Å²) in [5, 5.41) is 47.8. The number of nitrogen functional groups attached to an aromatic ring is 1. The van der Waals surface area contributed by atoms with Gasteiger partial charge in [0.05, 0.1) is 52.2 Å². The number of rotatable bonds is 14. The second-order valence-electron chi connectivity index (χ2n) is 22.0. The summed E-state index contributed by atoms with van der Waals surface area (Å²) in [5.74, 6) is 1.31. The largest absolute Gasteiger partial charge is 0.507 e. The Morgan fingerprint density at radius 2 is 1.56 bits per heavy atom. The molecule has 3 unspecified atom stereocenters. The first kappa shape index (κ1) is 50.7. The Balaban J connectivity index is 0.669. The van der Waals surface area contributed by atoms with Crippen LogP contribution in [0.2, 0.25) is 0 Å². The Labute approximate surface area is 432 Å². The van der Waals surface area contributed by atoms with Crippen LogP contribution in [0.1, 0.15) is 88.5 Å². The highest BCUT2D eigenvalue weighted by Crippen LogP contribution is 2.40. The number of para-hydroxylation sites is 1. The van der Waals surface area contributed by atoms with E-state index in [-0.39, 0.29) is 49.2 Å². The third-order valence-electron chi connectivity index (χ3n) is 16.1. The van der Waals surface area contributed by atoms with Gasteiger partial charge >= 0.3 is 0 Å². The third kappa shape index (κ3) is 11.2. The Kier molecular flexibility index (Phi) is 15.0. The van der Waals surface area contributed by atoms with Gasteiger partial charge in [-0.25, -0.2) is 15.0 Å². The lowest BCUT2D eigenvalue weighted by atomic mass is 9.82. The smallest absolute Gasteiger partial charge is 0.237 e. The van der Waals surface area contributed by atoms with Crippen molar-refractivity contribution >= 4 is 40.6 Å². The van der Waals surface area contributed by atoms with Crippen LogP contribution in [0.15, 0.2) is 72.5 Å². The molecule has 3 aromatic heterocycles. The average Bonchev–Trinajstić information content (AvgIpc) is 4.08. The molecule has 1 saturated carbocycles. The number of carbonyl (C=O) groups excluding carboxylic acids is 2. The zero-order chi connectivity index (χ0) is 51.0. The van der Waals surface area contributed by atoms with Crippen LogP contribution in [0.25, 0.3) is 21.7 Å². The van der Waals surface area contributed by atoms with Crippen molar-refractivity contribution in [3.8, 4) is 27.4 Å². The Bertz CT molecular complexity index is 2690. The van der Waals surface area contributed by atoms with Crippen molar-refractivity contribution in [2.24, 2.45) is 5.41 Å². The summed E-state index contributed by atoms with van der Waals surface area (Å²) in [6, 6.07) is 16.7. The molecule has 1 aliphatic carbocycles. The molecular formula is C54H71N13O5S. The number of aliphatic hydroxyl groups excluding tert-OH is 2. The van der Waals surface area contributed by atoms with E-state index in [1.807, 2.05) is 88.1 Å². The summed E-state index contributed by atoms with van der Waals surface area (Å²) in [6.07, 6.45) is 8.80. The normalized spacial score (nSPS) is 24.9. The highest BCUT2D eigenvalue weighted by molar-refractivity contribution is 7.13. The fourth-order valence-electron chi connectivity index (χ4n) is 12.0. The summed E-state index contributed by atoms with van der Waals surface area (Å²) < 4.78 is 0. The molecule has 2 aromatic carbocycles. The van der Waals surface area contributed by atoms with Crippen LogP contribution in [0.3, 0.4) is 0 Å². The van der Waals surface area contributed by atoms with Gasteiger partial charge in [-0.15, -0.1) is 21.5 Å². The van der Waals surface area contributed by atoms with Crippen molar-refractivity contribution in [1.29, 1.82) is 0 Å². The van der Waals surface area contributed by atoms with Crippen LogP contribution in [0.5, 0.6) is 5.75 Å². The van der Waals surface area contributed by atoms with Gasteiger partial charge in [-0.05, 0) is 98.1 Å². The number of phenolic OH excluding ortho intramolecular Hbond substituents is 1. The van der Waals surface area contributed by atoms with Gasteiger partial charge < -0.3 is 41.5 Å². The van der Waals surface area contributed by atoms with Crippen LogP contribution < -0.4 is 26.2 Å². The maximum absolute atomic E-state index is 13.7. The molecule has 5 fully saturated rings. The molecular weight excluding hydrogens is 943 g/mol. The molecule has 2 bridgehead atoms. The molecule has 73 heavy (non-hydrogen) atoms. The fraction of sp³-hybridized carbons (Fsp3) is 0.537. The number of aliphatic hydroxyl groups is 2. The van der Waals surface area contributed by atoms with E-state index in [0.717, 1.165) is 111 Å². The fourth-order valence-corrected chi connectivity index (χ4v) is 12.8. The van der Waals surface area contributed by atoms with Crippen LogP contribution in [-0.2, 0) is 16.1 Å². The number of β-amino-alcohol motifs (C(OH)–C–C–N with tert-alkyl or cyclic N) is 1. The van der Waals surface area contributed by atoms with Gasteiger partial charge in [0.2, 0.25) is 17.8 Å². The molecule has 18 nitrogen and oxygen atoms in total. The van der Waals surface area contributed by atoms with Crippen LogP contribution in [-0.4, -0.2) is 162 Å². The number of amides is 2. The Morgan fingerprint density at radius 3 is 2.22 bits per heavy atom. The second kappa shape index (κ2) is 21.6. The number of nitrogens with zero attached hydrogens (tertiary/aromatic N) is 10. The van der Waals surface area contributed by atoms with E-state index in [0.29, 0.717) is 35.6 Å². The summed E-state index contributed by atoms with van der Waals surface area (Å²) in [6.45, 7) is 13.4. The number of thiazole rings is 1. The number of hydrogen-bond donors (Lipinski definition) is 6. The first-order valence-corrected chi connectivity index (χ1v) is 27.0. The number of carbonyl (C=O) groups is 2. The minimum absolute atomic E-state index is 0.128. The molecule has 2 amide bonds. The molecule has 0 radical (unpaired) electrons. The quantitative estimate of drug-likeness (QED) is 0.0883. The van der Waals surface area contributed by atoms with E-state index >= 15 is 0 Å². The molecule has 4 saturated heterocycles. The number of piperazine rings is 2. The molecule has 7 heterocycles. The number of aromatic hydroxyl groups is 1. The number of aromatic nitrogens is 5. The molecule has 388 valence electrons. The zero-order valence-corrected chi connectivity index (χ0v) is 43.3. The van der Waals surface area contributed by atoms with E-state index < -0.39 is 29.8 Å². The second-order valence-corrected chi connectivity index (χ2v) is 22.8. The van der Waals surface area contributed by atoms with Crippen molar-refractivity contribution in [2.75, 3.05) is 67.9 Å². The standard InChI is InChI=1S/C54H71N13O5S/c1-33-48(73-32-59-33)36-11-9-34(10-12-36)25-56-51(71)45-23-41(68)30-66(45)52(72)49(54(2,3)4)60-47(70)31-63-19-21-64(22-20-63)38-15-13-35(14-16-38)37-26-57-53(58-27-37)67-39-17-18-40(67)29-65(28-39)44-24-43(61-62-50(44)55)42-7-5-6-8-46(42)69/h5-12,24,26-27,32,35,38-41,45,49,52,68-69,72H,13-23,25,28-31H2,1-4H3,(H2,55,62)(H,56,71)(H,60,70)/t35?,38?,39?,40?,41-,45+,49-,52?/m1/s1.